The molecule has 0 spiro atoms. The van der Waals surface area contributed by atoms with Crippen molar-refractivity contribution in [2.45, 2.75) is 6.92 Å². The van der Waals surface area contributed by atoms with E-state index in [0.29, 0.717) is 0 Å². The first-order valence-electron chi connectivity index (χ1n) is 3.14. The van der Waals surface area contributed by atoms with Gasteiger partial charge in [-0.25, -0.2) is 0 Å². The lowest BCUT2D eigenvalue weighted by Crippen LogP contribution is -2.32. The Labute approximate surface area is 64.5 Å². The highest BCUT2D eigenvalue weighted by atomic mass is 16.5. The molecule has 5 heteroatoms. The van der Waals surface area contributed by atoms with Crippen LogP contribution in [0.2, 0.25) is 0 Å². The van der Waals surface area contributed by atoms with Crippen LogP contribution in [0.3, 0.4) is 0 Å². The smallest absolute Gasteiger partial charge is 0.322 e. The predicted octanol–water partition coefficient (Wildman–Crippen LogP) is -0.249. The van der Waals surface area contributed by atoms with Crippen molar-refractivity contribution in [2.75, 3.05) is 6.61 Å². The van der Waals surface area contributed by atoms with Crippen LogP contribution in [0.4, 0.5) is 0 Å². The lowest BCUT2D eigenvalue weighted by molar-refractivity contribution is -0.143. The number of nitrogens with one attached hydrogen (secondary N) is 2. The largest absolute Gasteiger partial charge is 0.465 e. The van der Waals surface area contributed by atoms with Crippen molar-refractivity contribution in [3.63, 3.8) is 0 Å². The van der Waals surface area contributed by atoms with E-state index in [1.54, 1.807) is 6.92 Å². The number of hydrogen-bond donors (Lipinski definition) is 3. The van der Waals surface area contributed by atoms with Gasteiger partial charge in [-0.3, -0.25) is 10.2 Å². The van der Waals surface area contributed by atoms with Gasteiger partial charge in [0.1, 0.15) is 11.8 Å². The molecule has 0 rings (SSSR count). The van der Waals surface area contributed by atoms with Gasteiger partial charge in [-0.15, -0.1) is 0 Å². The fourth-order valence-corrected chi connectivity index (χ4v) is 0.517. The first-order valence-corrected chi connectivity index (χ1v) is 3.14. The number of carbonyl (C=O) groups excluding carboxylic acids is 1. The number of amidine groups is 1. The van der Waals surface area contributed by atoms with Crippen LogP contribution in [0.15, 0.2) is 0 Å². The molecule has 0 aliphatic rings. The maximum Gasteiger partial charge on any atom is 0.322 e. The monoisotopic (exact) mass is 157 g/mol. The van der Waals surface area contributed by atoms with Crippen LogP contribution in [0.1, 0.15) is 6.92 Å². The Hall–Kier alpha value is -1.39. The second-order valence-electron chi connectivity index (χ2n) is 1.85. The van der Waals surface area contributed by atoms with E-state index in [4.69, 9.17) is 16.6 Å². The molecule has 0 aliphatic heterocycles. The lowest BCUT2D eigenvalue weighted by Gasteiger charge is -2.07. The van der Waals surface area contributed by atoms with Crippen molar-refractivity contribution in [1.82, 2.24) is 0 Å². The van der Waals surface area contributed by atoms with Crippen LogP contribution in [0.5, 0.6) is 0 Å². The SMILES string of the molecule is CCOC(=O)C(C=N)C(=N)N. The standard InChI is InChI=1S/C6H11N3O2/c1-2-11-6(10)4(3-7)5(8)9/h3-4,7H,2H2,1H3,(H3,8,9). The molecule has 0 saturated carbocycles. The summed E-state index contributed by atoms with van der Waals surface area (Å²) in [5.41, 5.74) is 5.01. The van der Waals surface area contributed by atoms with Gasteiger partial charge < -0.3 is 15.9 Å². The zero-order valence-corrected chi connectivity index (χ0v) is 6.26. The van der Waals surface area contributed by atoms with Crippen LogP contribution in [0.25, 0.3) is 0 Å². The third-order valence-electron chi connectivity index (χ3n) is 1.04. The van der Waals surface area contributed by atoms with Crippen molar-refractivity contribution in [3.8, 4) is 0 Å². The highest BCUT2D eigenvalue weighted by Crippen LogP contribution is 1.94. The fraction of sp³-hybridized carbons (Fsp3) is 0.500. The molecule has 1 atom stereocenters. The molecule has 5 nitrogen and oxygen atoms in total. The maximum absolute atomic E-state index is 10.8. The summed E-state index contributed by atoms with van der Waals surface area (Å²) < 4.78 is 4.55. The molecule has 0 saturated heterocycles. The molecule has 0 aromatic carbocycles. The Morgan fingerprint density at radius 1 is 1.82 bits per heavy atom. The van der Waals surface area contributed by atoms with Gasteiger partial charge in [0, 0.05) is 6.21 Å². The molecule has 0 radical (unpaired) electrons. The molecular formula is C6H11N3O2. The summed E-state index contributed by atoms with van der Waals surface area (Å²) in [5.74, 6) is -2.02. The van der Waals surface area contributed by atoms with Crippen LogP contribution in [-0.2, 0) is 9.53 Å². The van der Waals surface area contributed by atoms with E-state index in [9.17, 15) is 4.79 Å². The molecule has 0 aromatic rings. The van der Waals surface area contributed by atoms with Gasteiger partial charge in [0.2, 0.25) is 0 Å². The Balaban J connectivity index is 4.14. The molecule has 0 heterocycles. The summed E-state index contributed by atoms with van der Waals surface area (Å²) in [6.07, 6.45) is 0.792. The van der Waals surface area contributed by atoms with Gasteiger partial charge in [0.05, 0.1) is 6.61 Å². The number of ether oxygens (including phenoxy) is 1. The van der Waals surface area contributed by atoms with Gasteiger partial charge in [0.15, 0.2) is 0 Å². The number of nitrogens with two attached hydrogens (primary N) is 1. The van der Waals surface area contributed by atoms with Crippen molar-refractivity contribution in [1.29, 1.82) is 10.8 Å². The molecule has 0 amide bonds. The summed E-state index contributed by atoms with van der Waals surface area (Å²) in [4.78, 5) is 10.8. The number of hydrogen-bond acceptors (Lipinski definition) is 4. The van der Waals surface area contributed by atoms with E-state index in [-0.39, 0.29) is 12.4 Å². The first-order chi connectivity index (χ1) is 5.13. The molecule has 11 heavy (non-hydrogen) atoms. The maximum atomic E-state index is 10.8. The Kier molecular flexibility index (Phi) is 3.87. The van der Waals surface area contributed by atoms with Crippen LogP contribution >= 0.6 is 0 Å². The van der Waals surface area contributed by atoms with E-state index in [2.05, 4.69) is 4.74 Å². The van der Waals surface area contributed by atoms with E-state index in [0.717, 1.165) is 6.21 Å². The second-order valence-corrected chi connectivity index (χ2v) is 1.85. The molecule has 0 aliphatic carbocycles. The third kappa shape index (κ3) is 2.79. The van der Waals surface area contributed by atoms with Crippen LogP contribution in [0, 0.1) is 16.7 Å². The quantitative estimate of drug-likeness (QED) is 0.298. The lowest BCUT2D eigenvalue weighted by atomic mass is 10.1. The normalized spacial score (nSPS) is 11.7. The van der Waals surface area contributed by atoms with Crippen LogP contribution < -0.4 is 5.73 Å². The molecule has 0 aromatic heterocycles. The average Bonchev–Trinajstić information content (AvgIpc) is 1.88. The summed E-state index contributed by atoms with van der Waals surface area (Å²) in [6, 6.07) is 0. The Bertz CT molecular complexity index is 179. The van der Waals surface area contributed by atoms with Crippen molar-refractivity contribution < 1.29 is 9.53 Å². The molecule has 62 valence electrons. The summed E-state index contributed by atoms with van der Waals surface area (Å²) in [5, 5.41) is 13.6. The van der Waals surface area contributed by atoms with Crippen molar-refractivity contribution >= 4 is 18.0 Å². The van der Waals surface area contributed by atoms with Gasteiger partial charge >= 0.3 is 5.97 Å². The zero-order valence-electron chi connectivity index (χ0n) is 6.26. The minimum absolute atomic E-state index is 0.233. The van der Waals surface area contributed by atoms with E-state index < -0.39 is 11.9 Å². The summed E-state index contributed by atoms with van der Waals surface area (Å²) in [7, 11) is 0. The Morgan fingerprint density at radius 3 is 2.64 bits per heavy atom. The number of esters is 1. The molecule has 0 bridgehead atoms. The molecule has 4 N–H and O–H groups in total. The van der Waals surface area contributed by atoms with Crippen molar-refractivity contribution in [3.05, 3.63) is 0 Å². The highest BCUT2D eigenvalue weighted by molar-refractivity contribution is 6.10. The fourth-order valence-electron chi connectivity index (χ4n) is 0.517. The molecule has 1 unspecified atom stereocenters. The highest BCUT2D eigenvalue weighted by Gasteiger charge is 2.19. The third-order valence-corrected chi connectivity index (χ3v) is 1.04. The minimum Gasteiger partial charge on any atom is -0.465 e. The Morgan fingerprint density at radius 2 is 2.36 bits per heavy atom. The number of rotatable bonds is 4. The minimum atomic E-state index is -1.02. The van der Waals surface area contributed by atoms with Crippen LogP contribution in [-0.4, -0.2) is 24.6 Å². The van der Waals surface area contributed by atoms with Crippen molar-refractivity contribution in [2.24, 2.45) is 11.7 Å². The van der Waals surface area contributed by atoms with E-state index in [1.165, 1.54) is 0 Å². The molecular weight excluding hydrogens is 146 g/mol. The topological polar surface area (TPSA) is 100 Å². The second kappa shape index (κ2) is 4.43. The van der Waals surface area contributed by atoms with Gasteiger partial charge in [-0.2, -0.15) is 0 Å². The van der Waals surface area contributed by atoms with E-state index in [1.807, 2.05) is 0 Å². The van der Waals surface area contributed by atoms with Gasteiger partial charge in [0.25, 0.3) is 0 Å². The number of carbonyl (C=O) groups is 1. The van der Waals surface area contributed by atoms with E-state index >= 15 is 0 Å². The summed E-state index contributed by atoms with van der Waals surface area (Å²) in [6.45, 7) is 1.88. The van der Waals surface area contributed by atoms with Gasteiger partial charge in [-0.05, 0) is 6.92 Å². The molecule has 0 fully saturated rings. The summed E-state index contributed by atoms with van der Waals surface area (Å²) >= 11 is 0. The average molecular weight is 157 g/mol. The first kappa shape index (κ1) is 9.61. The van der Waals surface area contributed by atoms with Gasteiger partial charge in [-0.1, -0.05) is 0 Å². The predicted molar refractivity (Wildman–Crippen MR) is 40.8 cm³/mol. The zero-order chi connectivity index (χ0) is 8.85.